The zero-order chi connectivity index (χ0) is 28.3. The lowest BCUT2D eigenvalue weighted by Gasteiger charge is -2.23. The molecule has 1 amide bonds. The average molecular weight is 583 g/mol. The Hall–Kier alpha value is -3.88. The molecule has 3 aromatic rings. The normalized spacial score (nSPS) is 11.5. The van der Waals surface area contributed by atoms with Crippen LogP contribution in [0.4, 0.5) is 22.7 Å². The zero-order valence-corrected chi connectivity index (χ0v) is 22.7. The maximum atomic E-state index is 12.7. The predicted molar refractivity (Wildman–Crippen MR) is 144 cm³/mol. The lowest BCUT2D eigenvalue weighted by atomic mass is 10.2. The van der Waals surface area contributed by atoms with Gasteiger partial charge in [-0.15, -0.1) is 0 Å². The van der Waals surface area contributed by atoms with E-state index >= 15 is 0 Å². The number of ether oxygens (including phenoxy) is 1. The predicted octanol–water partition coefficient (Wildman–Crippen LogP) is 3.77. The van der Waals surface area contributed by atoms with Crippen LogP contribution in [0.2, 0.25) is 5.02 Å². The molecule has 0 bridgehead atoms. The van der Waals surface area contributed by atoms with Crippen LogP contribution in [0, 0.1) is 17.0 Å². The number of nitrogens with zero attached hydrogens (tertiary/aromatic N) is 2. The molecular formula is C23H23ClN4O8S2. The van der Waals surface area contributed by atoms with Crippen molar-refractivity contribution in [2.45, 2.75) is 11.8 Å². The number of carbonyl (C=O) groups excluding carboxylic acids is 1. The van der Waals surface area contributed by atoms with Crippen molar-refractivity contribution in [3.63, 3.8) is 0 Å². The van der Waals surface area contributed by atoms with Gasteiger partial charge < -0.3 is 10.1 Å². The van der Waals surface area contributed by atoms with Crippen LogP contribution in [-0.4, -0.2) is 47.6 Å². The van der Waals surface area contributed by atoms with Crippen LogP contribution >= 0.6 is 11.6 Å². The summed E-state index contributed by atoms with van der Waals surface area (Å²) < 4.78 is 58.5. The molecule has 0 fully saturated rings. The molecule has 0 radical (unpaired) electrons. The number of anilines is 3. The zero-order valence-electron chi connectivity index (χ0n) is 20.3. The van der Waals surface area contributed by atoms with Crippen LogP contribution in [0.25, 0.3) is 0 Å². The van der Waals surface area contributed by atoms with Crippen molar-refractivity contribution in [2.75, 3.05) is 34.3 Å². The van der Waals surface area contributed by atoms with E-state index in [1.54, 1.807) is 19.1 Å². The highest BCUT2D eigenvalue weighted by molar-refractivity contribution is 7.92. The smallest absolute Gasteiger partial charge is 0.271 e. The molecular weight excluding hydrogens is 560 g/mol. The highest BCUT2D eigenvalue weighted by Crippen LogP contribution is 2.33. The molecule has 0 aliphatic rings. The molecule has 0 aliphatic heterocycles. The molecule has 3 rings (SSSR count). The summed E-state index contributed by atoms with van der Waals surface area (Å²) in [4.78, 5) is 23.1. The van der Waals surface area contributed by atoms with Crippen molar-refractivity contribution in [2.24, 2.45) is 0 Å². The summed E-state index contributed by atoms with van der Waals surface area (Å²) in [5, 5.41) is 14.1. The van der Waals surface area contributed by atoms with Crippen molar-refractivity contribution in [3.8, 4) is 5.75 Å². The summed E-state index contributed by atoms with van der Waals surface area (Å²) in [6.45, 7) is 1.05. The second-order valence-corrected chi connectivity index (χ2v) is 12.0. The Labute approximate surface area is 224 Å². The van der Waals surface area contributed by atoms with E-state index < -0.39 is 43.1 Å². The summed E-state index contributed by atoms with van der Waals surface area (Å²) in [6, 6.07) is 13.2. The fraction of sp³-hybridized carbons (Fsp3) is 0.174. The molecule has 38 heavy (non-hydrogen) atoms. The third-order valence-electron chi connectivity index (χ3n) is 5.20. The van der Waals surface area contributed by atoms with E-state index in [4.69, 9.17) is 16.3 Å². The van der Waals surface area contributed by atoms with Crippen LogP contribution in [0.3, 0.4) is 0 Å². The van der Waals surface area contributed by atoms with E-state index in [-0.39, 0.29) is 27.7 Å². The number of nitro groups is 1. The molecule has 0 heterocycles. The van der Waals surface area contributed by atoms with Crippen molar-refractivity contribution in [1.82, 2.24) is 0 Å². The molecule has 0 unspecified atom stereocenters. The van der Waals surface area contributed by atoms with Gasteiger partial charge in [0.15, 0.2) is 0 Å². The first kappa shape index (κ1) is 28.7. The maximum Gasteiger partial charge on any atom is 0.271 e. The number of methoxy groups -OCH3 is 1. The number of non-ortho nitro benzene ring substituents is 1. The molecule has 2 N–H and O–H groups in total. The SMILES string of the molecule is COc1ccc([N+](=O)[O-])cc1N(CC(=O)Nc1ccc(S(=O)(=O)Nc2ccc(C)c(Cl)c2)cc1)S(C)(=O)=O. The number of nitro benzene ring substituents is 1. The van der Waals surface area contributed by atoms with Gasteiger partial charge in [-0.1, -0.05) is 17.7 Å². The van der Waals surface area contributed by atoms with Gasteiger partial charge in [-0.3, -0.25) is 23.9 Å². The third-order valence-corrected chi connectivity index (χ3v) is 8.13. The Morgan fingerprint density at radius 1 is 1.03 bits per heavy atom. The molecule has 3 aromatic carbocycles. The number of halogens is 1. The van der Waals surface area contributed by atoms with E-state index in [0.29, 0.717) is 9.33 Å². The van der Waals surface area contributed by atoms with Gasteiger partial charge in [0.25, 0.3) is 15.7 Å². The number of nitrogens with one attached hydrogen (secondary N) is 2. The highest BCUT2D eigenvalue weighted by Gasteiger charge is 2.26. The van der Waals surface area contributed by atoms with Crippen LogP contribution in [-0.2, 0) is 24.8 Å². The fourth-order valence-corrected chi connectivity index (χ4v) is 5.37. The highest BCUT2D eigenvalue weighted by atomic mass is 35.5. The minimum atomic E-state index is -4.07. The second-order valence-electron chi connectivity index (χ2n) is 8.02. The van der Waals surface area contributed by atoms with E-state index in [0.717, 1.165) is 24.0 Å². The standard InChI is InChI=1S/C23H23ClN4O8S2/c1-15-4-5-17(12-20(15)24)26-38(34,35)19-9-6-16(7-10-19)25-23(29)14-27(37(3,32)33)21-13-18(28(30)31)8-11-22(21)36-2/h4-13,26H,14H2,1-3H3,(H,25,29). The quantitative estimate of drug-likeness (QED) is 0.269. The minimum absolute atomic E-state index is 0.00532. The van der Waals surface area contributed by atoms with Crippen LogP contribution in [0.5, 0.6) is 5.75 Å². The summed E-state index contributed by atoms with van der Waals surface area (Å²) in [7, 11) is -6.78. The van der Waals surface area contributed by atoms with Crippen LogP contribution < -0.4 is 19.1 Å². The lowest BCUT2D eigenvalue weighted by Crippen LogP contribution is -2.37. The first-order valence-electron chi connectivity index (χ1n) is 10.7. The number of rotatable bonds is 10. The van der Waals surface area contributed by atoms with Gasteiger partial charge in [-0.2, -0.15) is 0 Å². The molecule has 0 saturated heterocycles. The summed E-state index contributed by atoms with van der Waals surface area (Å²) in [5.74, 6) is -0.780. The molecule has 0 aromatic heterocycles. The summed E-state index contributed by atoms with van der Waals surface area (Å²) in [6.07, 6.45) is 0.840. The first-order chi connectivity index (χ1) is 17.7. The van der Waals surface area contributed by atoms with Gasteiger partial charge in [-0.05, 0) is 55.0 Å². The number of carbonyl (C=O) groups is 1. The van der Waals surface area contributed by atoms with Crippen molar-refractivity contribution >= 4 is 60.3 Å². The first-order valence-corrected chi connectivity index (χ1v) is 14.4. The molecule has 0 spiro atoms. The topological polar surface area (TPSA) is 165 Å². The third kappa shape index (κ3) is 6.90. The Morgan fingerprint density at radius 3 is 2.21 bits per heavy atom. The van der Waals surface area contributed by atoms with Gasteiger partial charge in [0, 0.05) is 22.8 Å². The molecule has 12 nitrogen and oxygen atoms in total. The largest absolute Gasteiger partial charge is 0.495 e. The van der Waals surface area contributed by atoms with Gasteiger partial charge in [0.1, 0.15) is 18.0 Å². The second kappa shape index (κ2) is 11.2. The Morgan fingerprint density at radius 2 is 1.66 bits per heavy atom. The fourth-order valence-electron chi connectivity index (χ4n) is 3.29. The Kier molecular flexibility index (Phi) is 8.49. The number of benzene rings is 3. The molecule has 202 valence electrons. The summed E-state index contributed by atoms with van der Waals surface area (Å²) in [5.41, 5.74) is 0.659. The van der Waals surface area contributed by atoms with Crippen molar-refractivity contribution in [1.29, 1.82) is 0 Å². The van der Waals surface area contributed by atoms with Crippen LogP contribution in [0.15, 0.2) is 65.6 Å². The number of hydrogen-bond acceptors (Lipinski definition) is 8. The monoisotopic (exact) mass is 582 g/mol. The van der Waals surface area contributed by atoms with Crippen molar-refractivity contribution < 1.29 is 31.3 Å². The lowest BCUT2D eigenvalue weighted by molar-refractivity contribution is -0.384. The summed E-state index contributed by atoms with van der Waals surface area (Å²) >= 11 is 6.05. The molecule has 0 aliphatic carbocycles. The molecule has 0 atom stereocenters. The molecule has 0 saturated carbocycles. The van der Waals surface area contributed by atoms with Gasteiger partial charge >= 0.3 is 0 Å². The number of amides is 1. The van der Waals surface area contributed by atoms with E-state index in [1.165, 1.54) is 43.5 Å². The molecule has 15 heteroatoms. The van der Waals surface area contributed by atoms with Gasteiger partial charge in [-0.25, -0.2) is 16.8 Å². The van der Waals surface area contributed by atoms with Gasteiger partial charge in [0.2, 0.25) is 15.9 Å². The average Bonchev–Trinajstić information content (AvgIpc) is 2.84. The van der Waals surface area contributed by atoms with E-state index in [9.17, 15) is 31.7 Å². The Balaban J connectivity index is 1.78. The number of aryl methyl sites for hydroxylation is 1. The van der Waals surface area contributed by atoms with E-state index in [1.807, 2.05) is 0 Å². The minimum Gasteiger partial charge on any atom is -0.495 e. The van der Waals surface area contributed by atoms with Gasteiger partial charge in [0.05, 0.1) is 28.9 Å². The van der Waals surface area contributed by atoms with E-state index in [2.05, 4.69) is 10.0 Å². The van der Waals surface area contributed by atoms with Crippen LogP contribution in [0.1, 0.15) is 5.56 Å². The number of hydrogen-bond donors (Lipinski definition) is 2. The number of sulfonamides is 2. The van der Waals surface area contributed by atoms with Crippen molar-refractivity contribution in [3.05, 3.63) is 81.4 Å². The Bertz CT molecular complexity index is 1590. The maximum absolute atomic E-state index is 12.7.